The average Bonchev–Trinajstić information content (AvgIpc) is 2.61. The third-order valence-electron chi connectivity index (χ3n) is 4.27. The van der Waals surface area contributed by atoms with Gasteiger partial charge in [0.1, 0.15) is 5.82 Å². The maximum atomic E-state index is 12.4. The second kappa shape index (κ2) is 6.65. The van der Waals surface area contributed by atoms with Crippen molar-refractivity contribution in [2.24, 2.45) is 5.73 Å². The largest absolute Gasteiger partial charge is 0.466 e. The van der Waals surface area contributed by atoms with Gasteiger partial charge in [0.15, 0.2) is 0 Å². The zero-order chi connectivity index (χ0) is 18.1. The summed E-state index contributed by atoms with van der Waals surface area (Å²) in [4.78, 5) is 26.1. The maximum absolute atomic E-state index is 12.4. The number of hydrogen-bond donors (Lipinski definition) is 1. The first kappa shape index (κ1) is 17.1. The number of aryl methyl sites for hydroxylation is 1. The molecule has 1 aromatic rings. The summed E-state index contributed by atoms with van der Waals surface area (Å²) in [7, 11) is 1.26. The van der Waals surface area contributed by atoms with Crippen LogP contribution in [-0.4, -0.2) is 29.6 Å². The molecule has 2 aliphatic rings. The average molecular weight is 355 g/mol. The molecule has 1 atom stereocenters. The molecule has 128 valence electrons. The van der Waals surface area contributed by atoms with Crippen molar-refractivity contribution in [2.75, 3.05) is 12.9 Å². The summed E-state index contributed by atoms with van der Waals surface area (Å²) in [6.07, 6.45) is 0.303. The number of ether oxygens (including phenoxy) is 1. The second-order valence-electron chi connectivity index (χ2n) is 5.79. The van der Waals surface area contributed by atoms with Gasteiger partial charge in [-0.1, -0.05) is 29.8 Å². The highest BCUT2D eigenvalue weighted by Crippen LogP contribution is 2.46. The molecule has 1 saturated heterocycles. The Labute approximate surface area is 149 Å². The first-order chi connectivity index (χ1) is 12.0. The van der Waals surface area contributed by atoms with Gasteiger partial charge in [0.2, 0.25) is 5.91 Å². The van der Waals surface area contributed by atoms with Crippen LogP contribution in [-0.2, 0) is 14.3 Å². The minimum Gasteiger partial charge on any atom is -0.466 e. The number of benzene rings is 1. The summed E-state index contributed by atoms with van der Waals surface area (Å²) in [5.74, 6) is -0.885. The van der Waals surface area contributed by atoms with E-state index >= 15 is 0 Å². The number of hydrogen-bond acceptors (Lipinski definition) is 6. The summed E-state index contributed by atoms with van der Waals surface area (Å²) in [5.41, 5.74) is 8.50. The Balaban J connectivity index is 2.26. The number of methoxy groups -OCH3 is 1. The number of fused-ring (bicyclic) bond motifs is 1. The highest BCUT2D eigenvalue weighted by molar-refractivity contribution is 8.03. The molecular formula is C18H17N3O3S. The van der Waals surface area contributed by atoms with E-state index in [0.717, 1.165) is 11.1 Å². The van der Waals surface area contributed by atoms with Crippen LogP contribution in [0, 0.1) is 18.3 Å². The molecule has 2 heterocycles. The standard InChI is InChI=1S/C18H17N3O3S/c1-10-3-5-11(6-4-10)14-12(9-19)17-21(13(22)7-8-25-17)16(20)15(14)18(23)24-2/h3-6,14H,7-8,20H2,1-2H3. The smallest absolute Gasteiger partial charge is 0.338 e. The van der Waals surface area contributed by atoms with E-state index in [4.69, 9.17) is 10.5 Å². The first-order valence-electron chi connectivity index (χ1n) is 7.74. The third kappa shape index (κ3) is 2.79. The number of carbonyl (C=O) groups excluding carboxylic acids is 2. The topological polar surface area (TPSA) is 96.4 Å². The summed E-state index contributed by atoms with van der Waals surface area (Å²) in [6, 6.07) is 9.72. The lowest BCUT2D eigenvalue weighted by atomic mass is 9.82. The van der Waals surface area contributed by atoms with Crippen molar-refractivity contribution in [2.45, 2.75) is 19.3 Å². The Morgan fingerprint density at radius 3 is 2.68 bits per heavy atom. The zero-order valence-corrected chi connectivity index (χ0v) is 14.7. The molecule has 0 aliphatic carbocycles. The van der Waals surface area contributed by atoms with Gasteiger partial charge < -0.3 is 10.5 Å². The Hall–Kier alpha value is -2.72. The molecule has 1 aromatic carbocycles. The predicted molar refractivity (Wildman–Crippen MR) is 93.7 cm³/mol. The number of nitrogens with two attached hydrogens (primary N) is 1. The SMILES string of the molecule is COC(=O)C1=C(N)N2C(=O)CCSC2=C(C#N)C1c1ccc(C)cc1. The van der Waals surface area contributed by atoms with E-state index in [9.17, 15) is 14.9 Å². The predicted octanol–water partition coefficient (Wildman–Crippen LogP) is 2.14. The summed E-state index contributed by atoms with van der Waals surface area (Å²) >= 11 is 1.41. The van der Waals surface area contributed by atoms with Crippen molar-refractivity contribution in [3.8, 4) is 6.07 Å². The summed E-state index contributed by atoms with van der Waals surface area (Å²) in [5, 5.41) is 10.3. The van der Waals surface area contributed by atoms with Gasteiger partial charge in [-0.25, -0.2) is 4.79 Å². The number of allylic oxidation sites excluding steroid dienone is 1. The molecule has 6 nitrogen and oxygen atoms in total. The number of thioether (sulfide) groups is 1. The maximum Gasteiger partial charge on any atom is 0.338 e. The highest BCUT2D eigenvalue weighted by atomic mass is 32.2. The van der Waals surface area contributed by atoms with Gasteiger partial charge in [-0.2, -0.15) is 5.26 Å². The third-order valence-corrected chi connectivity index (χ3v) is 5.35. The monoisotopic (exact) mass is 355 g/mol. The first-order valence-corrected chi connectivity index (χ1v) is 8.72. The van der Waals surface area contributed by atoms with Crippen molar-refractivity contribution in [3.05, 3.63) is 57.4 Å². The molecule has 25 heavy (non-hydrogen) atoms. The van der Waals surface area contributed by atoms with Crippen molar-refractivity contribution in [1.82, 2.24) is 4.90 Å². The quantitative estimate of drug-likeness (QED) is 0.817. The molecule has 2 N–H and O–H groups in total. The Bertz CT molecular complexity index is 849. The fourth-order valence-electron chi connectivity index (χ4n) is 3.04. The van der Waals surface area contributed by atoms with Crippen LogP contribution in [0.15, 0.2) is 46.3 Å². The number of carbonyl (C=O) groups is 2. The number of nitrogens with zero attached hydrogens (tertiary/aromatic N) is 2. The van der Waals surface area contributed by atoms with Gasteiger partial charge in [-0.15, -0.1) is 11.8 Å². The minimum absolute atomic E-state index is 0.0450. The van der Waals surface area contributed by atoms with Crippen LogP contribution in [0.3, 0.4) is 0 Å². The molecule has 2 aliphatic heterocycles. The summed E-state index contributed by atoms with van der Waals surface area (Å²) < 4.78 is 4.89. The van der Waals surface area contributed by atoms with Gasteiger partial charge in [-0.3, -0.25) is 9.69 Å². The highest BCUT2D eigenvalue weighted by Gasteiger charge is 2.42. The van der Waals surface area contributed by atoms with Crippen molar-refractivity contribution in [3.63, 3.8) is 0 Å². The Morgan fingerprint density at radius 2 is 2.08 bits per heavy atom. The van der Waals surface area contributed by atoms with Gasteiger partial charge in [-0.05, 0) is 12.5 Å². The van der Waals surface area contributed by atoms with Gasteiger partial charge in [0, 0.05) is 12.2 Å². The van der Waals surface area contributed by atoms with Crippen LogP contribution in [0.2, 0.25) is 0 Å². The number of rotatable bonds is 2. The van der Waals surface area contributed by atoms with Crippen molar-refractivity contribution in [1.29, 1.82) is 5.26 Å². The molecule has 0 saturated carbocycles. The minimum atomic E-state index is -0.650. The Kier molecular flexibility index (Phi) is 4.55. The number of nitriles is 1. The van der Waals surface area contributed by atoms with Gasteiger partial charge in [0.25, 0.3) is 0 Å². The molecule has 1 amide bonds. The number of amides is 1. The molecule has 0 radical (unpaired) electrons. The molecule has 0 spiro atoms. The van der Waals surface area contributed by atoms with Crippen LogP contribution in [0.5, 0.6) is 0 Å². The van der Waals surface area contributed by atoms with Crippen LogP contribution >= 0.6 is 11.8 Å². The van der Waals surface area contributed by atoms with Crippen molar-refractivity contribution >= 4 is 23.6 Å². The molecule has 0 aromatic heterocycles. The summed E-state index contributed by atoms with van der Waals surface area (Å²) in [6.45, 7) is 1.96. The zero-order valence-electron chi connectivity index (χ0n) is 13.9. The van der Waals surface area contributed by atoms with E-state index < -0.39 is 11.9 Å². The van der Waals surface area contributed by atoms with Crippen molar-refractivity contribution < 1.29 is 14.3 Å². The lowest BCUT2D eigenvalue weighted by molar-refractivity contribution is -0.136. The van der Waals surface area contributed by atoms with E-state index in [0.29, 0.717) is 22.8 Å². The fourth-order valence-corrected chi connectivity index (χ4v) is 4.16. The molecular weight excluding hydrogens is 338 g/mol. The van der Waals surface area contributed by atoms with E-state index in [1.807, 2.05) is 31.2 Å². The van der Waals surface area contributed by atoms with Crippen LogP contribution < -0.4 is 5.73 Å². The van der Waals surface area contributed by atoms with E-state index in [-0.39, 0.29) is 17.3 Å². The van der Waals surface area contributed by atoms with E-state index in [1.54, 1.807) is 0 Å². The Morgan fingerprint density at radius 1 is 1.40 bits per heavy atom. The van der Waals surface area contributed by atoms with Crippen LogP contribution in [0.4, 0.5) is 0 Å². The molecule has 7 heteroatoms. The molecule has 0 bridgehead atoms. The lowest BCUT2D eigenvalue weighted by Crippen LogP contribution is -2.42. The van der Waals surface area contributed by atoms with Crippen LogP contribution in [0.25, 0.3) is 0 Å². The van der Waals surface area contributed by atoms with Crippen LogP contribution in [0.1, 0.15) is 23.5 Å². The second-order valence-corrected chi connectivity index (χ2v) is 6.88. The number of esters is 1. The fraction of sp³-hybridized carbons (Fsp3) is 0.278. The molecule has 1 fully saturated rings. The lowest BCUT2D eigenvalue weighted by Gasteiger charge is -2.37. The molecule has 1 unspecified atom stereocenters. The normalized spacial score (nSPS) is 20.3. The molecule has 3 rings (SSSR count). The van der Waals surface area contributed by atoms with E-state index in [2.05, 4.69) is 6.07 Å². The van der Waals surface area contributed by atoms with Gasteiger partial charge >= 0.3 is 5.97 Å². The van der Waals surface area contributed by atoms with Gasteiger partial charge in [0.05, 0.1) is 35.3 Å². The van der Waals surface area contributed by atoms with E-state index in [1.165, 1.54) is 23.8 Å².